The van der Waals surface area contributed by atoms with Crippen LogP contribution < -0.4 is 16.0 Å². The average molecular weight is 848 g/mol. The van der Waals surface area contributed by atoms with Crippen LogP contribution in [0.4, 0.5) is 24.5 Å². The fraction of sp³-hybridized carbons (Fsp3) is 0.488. The number of benzene rings is 2. The summed E-state index contributed by atoms with van der Waals surface area (Å²) in [6.45, 7) is 5.86. The number of anilines is 2. The number of nitrogens with one attached hydrogen (secondary N) is 3. The Morgan fingerprint density at radius 1 is 0.917 bits per heavy atom. The molecule has 13 nitrogen and oxygen atoms in total. The molecule has 318 valence electrons. The van der Waals surface area contributed by atoms with Gasteiger partial charge in [0.1, 0.15) is 11.7 Å². The molecule has 2 unspecified atom stereocenters. The Morgan fingerprint density at radius 3 is 2.35 bits per heavy atom. The zero-order valence-corrected chi connectivity index (χ0v) is 34.2. The number of aliphatic hydroxyl groups is 2. The van der Waals surface area contributed by atoms with E-state index in [0.717, 1.165) is 78.7 Å². The molecule has 0 spiro atoms. The highest BCUT2D eigenvalue weighted by Gasteiger charge is 2.45. The lowest BCUT2D eigenvalue weighted by Crippen LogP contribution is -2.54. The summed E-state index contributed by atoms with van der Waals surface area (Å²) in [5.74, 6) is -1.29. The van der Waals surface area contributed by atoms with E-state index in [1.165, 1.54) is 12.1 Å². The topological polar surface area (TPSA) is 177 Å². The van der Waals surface area contributed by atoms with Gasteiger partial charge in [-0.15, -0.1) is 11.3 Å². The van der Waals surface area contributed by atoms with E-state index in [1.54, 1.807) is 55.5 Å². The summed E-state index contributed by atoms with van der Waals surface area (Å²) in [7, 11) is 0. The Balaban J connectivity index is 0.834. The minimum Gasteiger partial charge on any atom is -0.386 e. The molecule has 2 atom stereocenters. The van der Waals surface area contributed by atoms with Crippen molar-refractivity contribution in [3.63, 3.8) is 0 Å². The molecule has 17 heteroatoms. The third-order valence-corrected chi connectivity index (χ3v) is 13.6. The largest absolute Gasteiger partial charge is 0.433 e. The molecule has 1 aliphatic carbocycles. The van der Waals surface area contributed by atoms with Gasteiger partial charge >= 0.3 is 6.18 Å². The summed E-state index contributed by atoms with van der Waals surface area (Å²) < 4.78 is 40.7. The maximum atomic E-state index is 13.5. The van der Waals surface area contributed by atoms with E-state index in [9.17, 15) is 42.6 Å². The van der Waals surface area contributed by atoms with Crippen molar-refractivity contribution in [2.45, 2.75) is 108 Å². The van der Waals surface area contributed by atoms with Crippen LogP contribution in [-0.2, 0) is 21.4 Å². The van der Waals surface area contributed by atoms with Gasteiger partial charge < -0.3 is 25.7 Å². The second-order valence-electron chi connectivity index (χ2n) is 16.8. The second-order valence-corrected chi connectivity index (χ2v) is 17.9. The number of halogens is 3. The standard InChI is InChI=1S/C43H48F3N7O6S/c1-42(2,59)27-21-31-33(22-30(27)49-37(55)29-7-4-8-34(48-29)43(44,45)46)60-39(50-31)24-9-11-25(12-10-24)52-19-16-23(17-20-52)15-18-47-28-6-3-5-26-36(28)41(58)53(40(26)57)32-13-14-35(54)51-38(32)56/h3-8,21-25,32,37,47,49,55,59H,9-20H2,1-2H3,(H,51,54,56). The van der Waals surface area contributed by atoms with Crippen LogP contribution in [0.1, 0.15) is 126 Å². The molecule has 5 N–H and O–H groups in total. The van der Waals surface area contributed by atoms with Gasteiger partial charge in [-0.2, -0.15) is 13.2 Å². The number of thiazole rings is 1. The van der Waals surface area contributed by atoms with Crippen LogP contribution in [0.5, 0.6) is 0 Å². The minimum absolute atomic E-state index is 0.0692. The highest BCUT2D eigenvalue weighted by Crippen LogP contribution is 2.42. The monoisotopic (exact) mass is 847 g/mol. The van der Waals surface area contributed by atoms with Crippen molar-refractivity contribution in [2.75, 3.05) is 30.3 Å². The van der Waals surface area contributed by atoms with Gasteiger partial charge in [-0.05, 0) is 121 Å². The number of carbonyl (C=O) groups is 4. The van der Waals surface area contributed by atoms with E-state index in [1.807, 2.05) is 0 Å². The summed E-state index contributed by atoms with van der Waals surface area (Å²) in [6, 6.07) is 11.5. The van der Waals surface area contributed by atoms with Crippen molar-refractivity contribution in [2.24, 2.45) is 5.92 Å². The maximum absolute atomic E-state index is 13.5. The Morgan fingerprint density at radius 2 is 1.65 bits per heavy atom. The van der Waals surface area contributed by atoms with Gasteiger partial charge in [0, 0.05) is 41.9 Å². The number of rotatable bonds is 11. The molecular weight excluding hydrogens is 800 g/mol. The molecule has 3 fully saturated rings. The van der Waals surface area contributed by atoms with Gasteiger partial charge in [-0.3, -0.25) is 29.4 Å². The van der Waals surface area contributed by atoms with Crippen molar-refractivity contribution >= 4 is 56.6 Å². The predicted octanol–water partition coefficient (Wildman–Crippen LogP) is 6.68. The molecule has 4 amide bonds. The molecule has 1 saturated carbocycles. The van der Waals surface area contributed by atoms with Crippen LogP contribution >= 0.6 is 11.3 Å². The number of imide groups is 2. The van der Waals surface area contributed by atoms with E-state index in [2.05, 4.69) is 25.8 Å². The number of alkyl halides is 3. The maximum Gasteiger partial charge on any atom is 0.433 e. The number of hydrogen-bond acceptors (Lipinski definition) is 12. The van der Waals surface area contributed by atoms with Gasteiger partial charge in [0.25, 0.3) is 11.8 Å². The van der Waals surface area contributed by atoms with Gasteiger partial charge in [0.15, 0.2) is 6.23 Å². The Labute approximate surface area is 348 Å². The lowest BCUT2D eigenvalue weighted by molar-refractivity contribution is -0.141. The Bertz CT molecular complexity index is 2310. The highest BCUT2D eigenvalue weighted by molar-refractivity contribution is 7.18. The van der Waals surface area contributed by atoms with E-state index >= 15 is 0 Å². The molecule has 8 rings (SSSR count). The lowest BCUT2D eigenvalue weighted by Gasteiger charge is -2.40. The SMILES string of the molecule is CC(C)(O)c1cc2nc(C3CCC(N4CCC(CCNc5cccc6c5C(=O)N(C5CCC(=O)NC5=O)C6=O)CC4)CC3)sc2cc1NC(O)c1cccc(C(F)(F)F)n1. The zero-order chi connectivity index (χ0) is 42.5. The molecule has 2 aromatic carbocycles. The number of nitrogens with zero attached hydrogens (tertiary/aromatic N) is 4. The van der Waals surface area contributed by atoms with Crippen LogP contribution in [0.2, 0.25) is 0 Å². The highest BCUT2D eigenvalue weighted by atomic mass is 32.1. The molecule has 2 saturated heterocycles. The van der Waals surface area contributed by atoms with Crippen LogP contribution in [-0.4, -0.2) is 85.3 Å². The minimum atomic E-state index is -4.66. The third-order valence-electron chi connectivity index (χ3n) is 12.4. The number of aromatic nitrogens is 2. The first-order valence-corrected chi connectivity index (χ1v) is 21.4. The van der Waals surface area contributed by atoms with Crippen LogP contribution in [0.3, 0.4) is 0 Å². The first-order valence-electron chi connectivity index (χ1n) is 20.5. The van der Waals surface area contributed by atoms with Crippen molar-refractivity contribution < 1.29 is 42.6 Å². The molecule has 60 heavy (non-hydrogen) atoms. The van der Waals surface area contributed by atoms with Crippen molar-refractivity contribution in [1.29, 1.82) is 0 Å². The smallest absolute Gasteiger partial charge is 0.386 e. The first kappa shape index (κ1) is 41.8. The van der Waals surface area contributed by atoms with E-state index in [0.29, 0.717) is 41.0 Å². The molecule has 2 aromatic heterocycles. The van der Waals surface area contributed by atoms with Crippen molar-refractivity contribution in [3.05, 3.63) is 81.6 Å². The molecule has 4 aromatic rings. The number of hydrogen-bond donors (Lipinski definition) is 5. The Hall–Kier alpha value is -4.97. The molecule has 0 bridgehead atoms. The van der Waals surface area contributed by atoms with Crippen LogP contribution in [0, 0.1) is 5.92 Å². The summed E-state index contributed by atoms with van der Waals surface area (Å²) in [5.41, 5.74) is 0.0231. The van der Waals surface area contributed by atoms with Gasteiger partial charge in [0.05, 0.1) is 37.6 Å². The van der Waals surface area contributed by atoms with Crippen LogP contribution in [0.25, 0.3) is 10.2 Å². The van der Waals surface area contributed by atoms with E-state index in [4.69, 9.17) is 4.98 Å². The van der Waals surface area contributed by atoms with Crippen molar-refractivity contribution in [1.82, 2.24) is 25.1 Å². The van der Waals surface area contributed by atoms with Crippen molar-refractivity contribution in [3.8, 4) is 0 Å². The normalized spacial score (nSPS) is 22.6. The number of fused-ring (bicyclic) bond motifs is 2. The first-order chi connectivity index (χ1) is 28.5. The summed E-state index contributed by atoms with van der Waals surface area (Å²) in [4.78, 5) is 63.0. The molecule has 4 aliphatic rings. The quantitative estimate of drug-likeness (QED) is 0.0804. The summed E-state index contributed by atoms with van der Waals surface area (Å²) in [6.07, 6.45) is 1.08. The zero-order valence-electron chi connectivity index (χ0n) is 33.3. The molecule has 5 heterocycles. The number of likely N-dealkylation sites (tertiary alicyclic amines) is 1. The molecule has 3 aliphatic heterocycles. The number of aliphatic hydroxyl groups excluding tert-OH is 1. The van der Waals surface area contributed by atoms with Crippen LogP contribution in [0.15, 0.2) is 48.5 Å². The second kappa shape index (κ2) is 16.5. The van der Waals surface area contributed by atoms with E-state index in [-0.39, 0.29) is 35.6 Å². The fourth-order valence-corrected chi connectivity index (χ4v) is 10.3. The van der Waals surface area contributed by atoms with Gasteiger partial charge in [-0.25, -0.2) is 9.97 Å². The summed E-state index contributed by atoms with van der Waals surface area (Å²) in [5, 5.41) is 31.4. The number of pyridine rings is 1. The molecule has 0 radical (unpaired) electrons. The number of carbonyl (C=O) groups excluding carboxylic acids is 4. The third kappa shape index (κ3) is 8.49. The molecular formula is C43H48F3N7O6S. The number of amides is 4. The predicted molar refractivity (Wildman–Crippen MR) is 218 cm³/mol. The van der Waals surface area contributed by atoms with Gasteiger partial charge in [-0.1, -0.05) is 12.1 Å². The lowest BCUT2D eigenvalue weighted by atomic mass is 9.84. The number of piperidine rings is 2. The average Bonchev–Trinajstić information content (AvgIpc) is 3.75. The Kier molecular flexibility index (Phi) is 11.5. The fourth-order valence-electron chi connectivity index (χ4n) is 9.14. The van der Waals surface area contributed by atoms with Gasteiger partial charge in [0.2, 0.25) is 11.8 Å². The van der Waals surface area contributed by atoms with E-state index < -0.39 is 53.4 Å². The summed E-state index contributed by atoms with van der Waals surface area (Å²) >= 11 is 1.56.